The van der Waals surface area contributed by atoms with Gasteiger partial charge in [-0.2, -0.15) is 0 Å². The van der Waals surface area contributed by atoms with Crippen LogP contribution >= 0.6 is 11.8 Å². The molecule has 0 bridgehead atoms. The number of benzene rings is 3. The van der Waals surface area contributed by atoms with Gasteiger partial charge in [-0.25, -0.2) is 0 Å². The fraction of sp³-hybridized carbons (Fsp3) is 0.148. The molecule has 0 unspecified atom stereocenters. The molecule has 4 aromatic rings. The number of thioether (sulfide) groups is 1. The van der Waals surface area contributed by atoms with Crippen LogP contribution in [0, 0.1) is 20.8 Å². The largest absolute Gasteiger partial charge is 0.325 e. The predicted octanol–water partition coefficient (Wildman–Crippen LogP) is 4.74. The third-order valence-corrected chi connectivity index (χ3v) is 6.25. The van der Waals surface area contributed by atoms with Crippen molar-refractivity contribution < 1.29 is 9.59 Å². The molecular weight excluding hydrogens is 474 g/mol. The summed E-state index contributed by atoms with van der Waals surface area (Å²) >= 11 is 1.08. The molecule has 0 aliphatic rings. The Labute approximate surface area is 212 Å². The first-order valence-electron chi connectivity index (χ1n) is 11.2. The Bertz CT molecular complexity index is 1480. The van der Waals surface area contributed by atoms with Crippen molar-refractivity contribution in [1.29, 1.82) is 0 Å². The molecule has 0 saturated carbocycles. The number of hydrogen-bond donors (Lipinski definition) is 3. The van der Waals surface area contributed by atoms with Crippen LogP contribution in [-0.2, 0) is 4.79 Å². The average molecular weight is 500 g/mol. The molecule has 3 aromatic carbocycles. The monoisotopic (exact) mass is 499 g/mol. The summed E-state index contributed by atoms with van der Waals surface area (Å²) in [6.45, 7) is 5.80. The summed E-state index contributed by atoms with van der Waals surface area (Å²) in [5.74, 6) is -0.463. The number of amides is 2. The molecule has 0 radical (unpaired) electrons. The molecule has 0 aliphatic carbocycles. The summed E-state index contributed by atoms with van der Waals surface area (Å²) in [6, 6.07) is 19.9. The molecule has 1 aromatic heterocycles. The smallest absolute Gasteiger partial charge is 0.278 e. The van der Waals surface area contributed by atoms with E-state index in [-0.39, 0.29) is 28.4 Å². The molecule has 0 spiro atoms. The van der Waals surface area contributed by atoms with Gasteiger partial charge in [0.15, 0.2) is 10.9 Å². The van der Waals surface area contributed by atoms with E-state index in [1.807, 2.05) is 51.1 Å². The number of nitrogens with one attached hydrogen (secondary N) is 3. The standard InChI is InChI=1S/C27H25N5O3S/c1-16-9-11-21(18(3)13-16)28-23(33)15-36-27-30-26(35)24(31-32-27)20-14-17(2)10-12-22(20)29-25(34)19-7-5-4-6-8-19/h4-14H,15H2,1-3H3,(H,28,33)(H,29,34)(H,30,32,35). The molecule has 0 saturated heterocycles. The Balaban J connectivity index is 1.49. The second-order valence-corrected chi connectivity index (χ2v) is 9.30. The lowest BCUT2D eigenvalue weighted by Crippen LogP contribution is -2.18. The van der Waals surface area contributed by atoms with E-state index in [4.69, 9.17) is 0 Å². The van der Waals surface area contributed by atoms with Crippen LogP contribution in [-0.4, -0.2) is 32.7 Å². The highest BCUT2D eigenvalue weighted by molar-refractivity contribution is 7.99. The Morgan fingerprint density at radius 3 is 2.25 bits per heavy atom. The number of carbonyl (C=O) groups is 2. The van der Waals surface area contributed by atoms with Crippen molar-refractivity contribution in [2.24, 2.45) is 0 Å². The highest BCUT2D eigenvalue weighted by Crippen LogP contribution is 2.26. The SMILES string of the molecule is Cc1ccc(NC(=O)CSc2nnc(-c3cc(C)ccc3NC(=O)c3ccccc3)c(=O)[nH]2)c(C)c1. The molecule has 1 heterocycles. The highest BCUT2D eigenvalue weighted by atomic mass is 32.2. The van der Waals surface area contributed by atoms with Gasteiger partial charge in [-0.15, -0.1) is 10.2 Å². The minimum Gasteiger partial charge on any atom is -0.325 e. The molecule has 36 heavy (non-hydrogen) atoms. The van der Waals surface area contributed by atoms with Crippen molar-refractivity contribution in [3.05, 3.63) is 99.3 Å². The van der Waals surface area contributed by atoms with Gasteiger partial charge in [-0.05, 0) is 56.7 Å². The second kappa shape index (κ2) is 11.0. The lowest BCUT2D eigenvalue weighted by atomic mass is 10.1. The molecule has 9 heteroatoms. The van der Waals surface area contributed by atoms with Gasteiger partial charge in [0.2, 0.25) is 5.91 Å². The lowest BCUT2D eigenvalue weighted by molar-refractivity contribution is -0.113. The van der Waals surface area contributed by atoms with Gasteiger partial charge in [0.05, 0.1) is 11.4 Å². The van der Waals surface area contributed by atoms with Crippen LogP contribution in [0.1, 0.15) is 27.0 Å². The summed E-state index contributed by atoms with van der Waals surface area (Å²) in [5, 5.41) is 14.2. The van der Waals surface area contributed by atoms with Crippen molar-refractivity contribution in [3.8, 4) is 11.3 Å². The van der Waals surface area contributed by atoms with Gasteiger partial charge in [-0.3, -0.25) is 19.4 Å². The van der Waals surface area contributed by atoms with E-state index in [0.29, 0.717) is 16.8 Å². The second-order valence-electron chi connectivity index (χ2n) is 8.33. The fourth-order valence-corrected chi connectivity index (χ4v) is 4.19. The van der Waals surface area contributed by atoms with E-state index in [1.165, 1.54) is 0 Å². The highest BCUT2D eigenvalue weighted by Gasteiger charge is 2.16. The Morgan fingerprint density at radius 2 is 1.56 bits per heavy atom. The van der Waals surface area contributed by atoms with Crippen LogP contribution in [0.2, 0.25) is 0 Å². The Morgan fingerprint density at radius 1 is 0.861 bits per heavy atom. The topological polar surface area (TPSA) is 117 Å². The number of H-pyrrole nitrogens is 1. The zero-order chi connectivity index (χ0) is 25.7. The van der Waals surface area contributed by atoms with Crippen LogP contribution in [0.3, 0.4) is 0 Å². The van der Waals surface area contributed by atoms with E-state index in [2.05, 4.69) is 25.8 Å². The molecule has 8 nitrogen and oxygen atoms in total. The van der Waals surface area contributed by atoms with Gasteiger partial charge in [0.1, 0.15) is 0 Å². The third-order valence-electron chi connectivity index (χ3n) is 5.39. The first-order chi connectivity index (χ1) is 17.3. The first kappa shape index (κ1) is 24.9. The number of aromatic amines is 1. The number of nitrogens with zero attached hydrogens (tertiary/aromatic N) is 2. The van der Waals surface area contributed by atoms with Crippen molar-refractivity contribution >= 4 is 35.0 Å². The predicted molar refractivity (Wildman–Crippen MR) is 142 cm³/mol. The van der Waals surface area contributed by atoms with E-state index in [1.54, 1.807) is 36.4 Å². The zero-order valence-corrected chi connectivity index (χ0v) is 20.9. The molecule has 3 N–H and O–H groups in total. The molecule has 0 atom stereocenters. The molecule has 0 fully saturated rings. The molecular formula is C27H25N5O3S. The van der Waals surface area contributed by atoms with Gasteiger partial charge < -0.3 is 10.6 Å². The number of hydrogen-bond acceptors (Lipinski definition) is 6. The van der Waals surface area contributed by atoms with Crippen molar-refractivity contribution in [1.82, 2.24) is 15.2 Å². The summed E-state index contributed by atoms with van der Waals surface area (Å²) in [5.41, 5.74) is 4.73. The van der Waals surface area contributed by atoms with Gasteiger partial charge in [-0.1, -0.05) is 59.3 Å². The Kier molecular flexibility index (Phi) is 7.60. The number of carbonyl (C=O) groups excluding carboxylic acids is 2. The maximum atomic E-state index is 12.9. The number of aromatic nitrogens is 3. The van der Waals surface area contributed by atoms with E-state index >= 15 is 0 Å². The van der Waals surface area contributed by atoms with E-state index < -0.39 is 5.56 Å². The van der Waals surface area contributed by atoms with E-state index in [9.17, 15) is 14.4 Å². The zero-order valence-electron chi connectivity index (χ0n) is 20.1. The van der Waals surface area contributed by atoms with Gasteiger partial charge >= 0.3 is 0 Å². The first-order valence-corrected chi connectivity index (χ1v) is 12.2. The van der Waals surface area contributed by atoms with Crippen LogP contribution in [0.15, 0.2) is 76.7 Å². The van der Waals surface area contributed by atoms with Crippen LogP contribution < -0.4 is 16.2 Å². The molecule has 2 amide bonds. The summed E-state index contributed by atoms with van der Waals surface area (Å²) in [4.78, 5) is 40.6. The van der Waals surface area contributed by atoms with Gasteiger partial charge in [0.25, 0.3) is 11.5 Å². The summed E-state index contributed by atoms with van der Waals surface area (Å²) < 4.78 is 0. The third kappa shape index (κ3) is 6.05. The maximum Gasteiger partial charge on any atom is 0.278 e. The van der Waals surface area contributed by atoms with Crippen LogP contribution in [0.25, 0.3) is 11.3 Å². The number of anilines is 2. The van der Waals surface area contributed by atoms with E-state index in [0.717, 1.165) is 34.1 Å². The normalized spacial score (nSPS) is 10.6. The van der Waals surface area contributed by atoms with Crippen molar-refractivity contribution in [3.63, 3.8) is 0 Å². The summed E-state index contributed by atoms with van der Waals surface area (Å²) in [6.07, 6.45) is 0. The molecule has 0 aliphatic heterocycles. The number of aryl methyl sites for hydroxylation is 3. The maximum absolute atomic E-state index is 12.9. The summed E-state index contributed by atoms with van der Waals surface area (Å²) in [7, 11) is 0. The fourth-order valence-electron chi connectivity index (χ4n) is 3.58. The molecule has 4 rings (SSSR count). The van der Waals surface area contributed by atoms with Crippen LogP contribution in [0.5, 0.6) is 0 Å². The molecule has 182 valence electrons. The minimum absolute atomic E-state index is 0.0557. The van der Waals surface area contributed by atoms with Crippen molar-refractivity contribution in [2.45, 2.75) is 25.9 Å². The Hall–Kier alpha value is -4.24. The lowest BCUT2D eigenvalue weighted by Gasteiger charge is -2.11. The number of rotatable bonds is 7. The van der Waals surface area contributed by atoms with Crippen LogP contribution in [0.4, 0.5) is 11.4 Å². The van der Waals surface area contributed by atoms with Gasteiger partial charge in [0, 0.05) is 16.8 Å². The quantitative estimate of drug-likeness (QED) is 0.316. The average Bonchev–Trinajstić information content (AvgIpc) is 2.86. The minimum atomic E-state index is -0.469. The van der Waals surface area contributed by atoms with Crippen molar-refractivity contribution in [2.75, 3.05) is 16.4 Å².